The molecule has 1 aliphatic rings. The van der Waals surface area contributed by atoms with Gasteiger partial charge in [0, 0.05) is 18.0 Å². The SMILES string of the molecule is CC(C)(C)N1CC[C@@H](CF)C1. The van der Waals surface area contributed by atoms with Crippen molar-refractivity contribution in [1.82, 2.24) is 4.90 Å². The van der Waals surface area contributed by atoms with Gasteiger partial charge in [-0.05, 0) is 33.7 Å². The van der Waals surface area contributed by atoms with Gasteiger partial charge in [-0.2, -0.15) is 0 Å². The van der Waals surface area contributed by atoms with E-state index in [1.54, 1.807) is 0 Å². The fourth-order valence-electron chi connectivity index (χ4n) is 1.57. The Morgan fingerprint density at radius 2 is 2.09 bits per heavy atom. The second-order valence-corrected chi connectivity index (χ2v) is 4.43. The third-order valence-electron chi connectivity index (χ3n) is 2.45. The molecule has 0 aromatic carbocycles. The van der Waals surface area contributed by atoms with Gasteiger partial charge in [0.1, 0.15) is 0 Å². The van der Waals surface area contributed by atoms with Crippen molar-refractivity contribution < 1.29 is 4.39 Å². The van der Waals surface area contributed by atoms with Gasteiger partial charge in [-0.3, -0.25) is 9.29 Å². The first-order valence-electron chi connectivity index (χ1n) is 4.35. The Hall–Kier alpha value is -0.110. The average molecular weight is 159 g/mol. The summed E-state index contributed by atoms with van der Waals surface area (Å²) in [7, 11) is 0. The van der Waals surface area contributed by atoms with E-state index in [9.17, 15) is 4.39 Å². The molecule has 0 saturated carbocycles. The van der Waals surface area contributed by atoms with Gasteiger partial charge >= 0.3 is 0 Å². The monoisotopic (exact) mass is 159 g/mol. The van der Waals surface area contributed by atoms with Crippen molar-refractivity contribution in [2.75, 3.05) is 19.8 Å². The summed E-state index contributed by atoms with van der Waals surface area (Å²) in [5, 5.41) is 0. The van der Waals surface area contributed by atoms with Gasteiger partial charge in [-0.1, -0.05) is 0 Å². The number of nitrogens with zero attached hydrogens (tertiary/aromatic N) is 1. The molecule has 1 nitrogen and oxygen atoms in total. The molecule has 1 fully saturated rings. The number of hydrogen-bond donors (Lipinski definition) is 0. The summed E-state index contributed by atoms with van der Waals surface area (Å²) < 4.78 is 12.2. The Kier molecular flexibility index (Phi) is 2.53. The minimum absolute atomic E-state index is 0.146. The molecule has 1 atom stereocenters. The van der Waals surface area contributed by atoms with E-state index in [4.69, 9.17) is 0 Å². The molecular formula is C9H18FN. The van der Waals surface area contributed by atoms with Crippen molar-refractivity contribution in [3.05, 3.63) is 0 Å². The molecule has 66 valence electrons. The zero-order chi connectivity index (χ0) is 8.48. The lowest BCUT2D eigenvalue weighted by atomic mass is 10.1. The van der Waals surface area contributed by atoms with Crippen molar-refractivity contribution in [2.45, 2.75) is 32.7 Å². The molecule has 0 spiro atoms. The van der Waals surface area contributed by atoms with Crippen LogP contribution in [0.15, 0.2) is 0 Å². The Balaban J connectivity index is 2.42. The molecule has 0 aromatic heterocycles. The molecule has 0 unspecified atom stereocenters. The predicted octanol–water partition coefficient (Wildman–Crippen LogP) is 2.08. The van der Waals surface area contributed by atoms with Crippen LogP contribution in [0.2, 0.25) is 0 Å². The van der Waals surface area contributed by atoms with E-state index in [1.165, 1.54) is 0 Å². The Morgan fingerprint density at radius 3 is 2.36 bits per heavy atom. The van der Waals surface area contributed by atoms with Crippen LogP contribution < -0.4 is 0 Å². The third-order valence-corrected chi connectivity index (χ3v) is 2.45. The van der Waals surface area contributed by atoms with Crippen LogP contribution in [0, 0.1) is 5.92 Å². The zero-order valence-corrected chi connectivity index (χ0v) is 7.73. The molecule has 0 N–H and O–H groups in total. The van der Waals surface area contributed by atoms with Gasteiger partial charge in [0.2, 0.25) is 0 Å². The summed E-state index contributed by atoms with van der Waals surface area (Å²) in [4.78, 5) is 2.36. The van der Waals surface area contributed by atoms with Crippen LogP contribution in [-0.4, -0.2) is 30.2 Å². The molecule has 11 heavy (non-hydrogen) atoms. The first-order chi connectivity index (χ1) is 5.04. The lowest BCUT2D eigenvalue weighted by Gasteiger charge is -2.31. The van der Waals surface area contributed by atoms with Gasteiger partial charge in [-0.25, -0.2) is 0 Å². The summed E-state index contributed by atoms with van der Waals surface area (Å²) in [6.45, 7) is 8.43. The smallest absolute Gasteiger partial charge is 0.0935 e. The van der Waals surface area contributed by atoms with E-state index in [0.29, 0.717) is 5.92 Å². The first kappa shape index (κ1) is 8.98. The van der Waals surface area contributed by atoms with Gasteiger partial charge in [0.05, 0.1) is 6.67 Å². The van der Waals surface area contributed by atoms with Crippen LogP contribution >= 0.6 is 0 Å². The molecule has 1 heterocycles. The third kappa shape index (κ3) is 2.16. The van der Waals surface area contributed by atoms with Crippen molar-refractivity contribution in [3.63, 3.8) is 0 Å². The highest BCUT2D eigenvalue weighted by atomic mass is 19.1. The molecule has 0 aromatic rings. The summed E-state index contributed by atoms with van der Waals surface area (Å²) >= 11 is 0. The molecule has 0 radical (unpaired) electrons. The lowest BCUT2D eigenvalue weighted by molar-refractivity contribution is 0.165. The summed E-state index contributed by atoms with van der Waals surface area (Å²) in [6, 6.07) is 0. The lowest BCUT2D eigenvalue weighted by Crippen LogP contribution is -2.39. The first-order valence-corrected chi connectivity index (χ1v) is 4.35. The molecule has 2 heteroatoms. The molecular weight excluding hydrogens is 141 g/mol. The van der Waals surface area contributed by atoms with Gasteiger partial charge in [0.25, 0.3) is 0 Å². The summed E-state index contributed by atoms with van der Waals surface area (Å²) in [6.07, 6.45) is 1.04. The molecule has 1 rings (SSSR count). The number of rotatable bonds is 1. The van der Waals surface area contributed by atoms with Crippen LogP contribution in [-0.2, 0) is 0 Å². The van der Waals surface area contributed by atoms with E-state index in [-0.39, 0.29) is 12.2 Å². The quantitative estimate of drug-likeness (QED) is 0.566. The van der Waals surface area contributed by atoms with Crippen LogP contribution in [0.3, 0.4) is 0 Å². The Bertz CT molecular complexity index is 128. The highest BCUT2D eigenvalue weighted by molar-refractivity contribution is 4.84. The van der Waals surface area contributed by atoms with Crippen LogP contribution in [0.5, 0.6) is 0 Å². The summed E-state index contributed by atoms with van der Waals surface area (Å²) in [5.41, 5.74) is 0.226. The maximum atomic E-state index is 12.2. The van der Waals surface area contributed by atoms with Crippen molar-refractivity contribution in [3.8, 4) is 0 Å². The second kappa shape index (κ2) is 3.10. The van der Waals surface area contributed by atoms with Gasteiger partial charge < -0.3 is 0 Å². The minimum atomic E-state index is -0.146. The highest BCUT2D eigenvalue weighted by Crippen LogP contribution is 2.24. The number of alkyl halides is 1. The fraction of sp³-hybridized carbons (Fsp3) is 1.00. The second-order valence-electron chi connectivity index (χ2n) is 4.43. The number of hydrogen-bond acceptors (Lipinski definition) is 1. The van der Waals surface area contributed by atoms with E-state index >= 15 is 0 Å². The van der Waals surface area contributed by atoms with Crippen LogP contribution in [0.25, 0.3) is 0 Å². The molecule has 0 bridgehead atoms. The Morgan fingerprint density at radius 1 is 1.45 bits per heavy atom. The Labute approximate surface area is 68.6 Å². The maximum absolute atomic E-state index is 12.2. The number of likely N-dealkylation sites (tertiary alicyclic amines) is 1. The molecule has 0 amide bonds. The van der Waals surface area contributed by atoms with Crippen molar-refractivity contribution in [1.29, 1.82) is 0 Å². The van der Waals surface area contributed by atoms with Crippen LogP contribution in [0.1, 0.15) is 27.2 Å². The topological polar surface area (TPSA) is 3.24 Å². The fourth-order valence-corrected chi connectivity index (χ4v) is 1.57. The predicted molar refractivity (Wildman–Crippen MR) is 45.4 cm³/mol. The summed E-state index contributed by atoms with van der Waals surface area (Å²) in [5.74, 6) is 0.300. The van der Waals surface area contributed by atoms with Crippen LogP contribution in [0.4, 0.5) is 4.39 Å². The van der Waals surface area contributed by atoms with E-state index in [0.717, 1.165) is 19.5 Å². The standard InChI is InChI=1S/C9H18FN/c1-9(2,3)11-5-4-8(6-10)7-11/h8H,4-7H2,1-3H3/t8-/m0/s1. The van der Waals surface area contributed by atoms with Gasteiger partial charge in [0.15, 0.2) is 0 Å². The van der Waals surface area contributed by atoms with E-state index in [2.05, 4.69) is 25.7 Å². The highest BCUT2D eigenvalue weighted by Gasteiger charge is 2.29. The van der Waals surface area contributed by atoms with Gasteiger partial charge in [-0.15, -0.1) is 0 Å². The van der Waals surface area contributed by atoms with Crippen molar-refractivity contribution >= 4 is 0 Å². The van der Waals surface area contributed by atoms with E-state index in [1.807, 2.05) is 0 Å². The molecule has 1 aliphatic heterocycles. The maximum Gasteiger partial charge on any atom is 0.0935 e. The largest absolute Gasteiger partial charge is 0.298 e. The van der Waals surface area contributed by atoms with E-state index < -0.39 is 0 Å². The normalized spacial score (nSPS) is 27.8. The zero-order valence-electron chi connectivity index (χ0n) is 7.73. The number of halogens is 1. The average Bonchev–Trinajstić information content (AvgIpc) is 2.32. The molecule has 1 saturated heterocycles. The minimum Gasteiger partial charge on any atom is -0.298 e. The van der Waals surface area contributed by atoms with Crippen molar-refractivity contribution in [2.24, 2.45) is 5.92 Å². The molecule has 0 aliphatic carbocycles.